The minimum Gasteiger partial charge on any atom is -0.396 e. The van der Waals surface area contributed by atoms with E-state index in [4.69, 9.17) is 5.11 Å². The number of amides is 2. The van der Waals surface area contributed by atoms with Gasteiger partial charge in [0, 0.05) is 19.6 Å². The number of carbonyl (C=O) groups is 2. The lowest BCUT2D eigenvalue weighted by atomic mass is 10.2. The van der Waals surface area contributed by atoms with Gasteiger partial charge in [0.25, 0.3) is 0 Å². The Morgan fingerprint density at radius 2 is 1.86 bits per heavy atom. The fourth-order valence-electron chi connectivity index (χ4n) is 1.00. The molecule has 0 saturated carbocycles. The van der Waals surface area contributed by atoms with E-state index < -0.39 is 6.04 Å². The zero-order chi connectivity index (χ0) is 11.1. The zero-order valence-electron chi connectivity index (χ0n) is 8.83. The molecule has 0 aliphatic carbocycles. The van der Waals surface area contributed by atoms with Gasteiger partial charge >= 0.3 is 0 Å². The van der Waals surface area contributed by atoms with Crippen molar-refractivity contribution in [1.82, 2.24) is 10.6 Å². The van der Waals surface area contributed by atoms with Crippen molar-refractivity contribution >= 4 is 11.8 Å². The Balaban J connectivity index is 3.88. The maximum atomic E-state index is 11.4. The number of aliphatic hydroxyl groups excluding tert-OH is 1. The SMILES string of the molecule is CC(=O)NC(C)C(=O)NC(C)CCO. The molecule has 0 aliphatic rings. The number of hydrogen-bond donors (Lipinski definition) is 3. The molecule has 0 fully saturated rings. The van der Waals surface area contributed by atoms with Crippen molar-refractivity contribution in [3.63, 3.8) is 0 Å². The predicted octanol–water partition coefficient (Wildman–Crippen LogP) is -0.602. The lowest BCUT2D eigenvalue weighted by Gasteiger charge is -2.17. The fraction of sp³-hybridized carbons (Fsp3) is 0.778. The Bertz CT molecular complexity index is 206. The van der Waals surface area contributed by atoms with E-state index in [1.54, 1.807) is 13.8 Å². The van der Waals surface area contributed by atoms with Gasteiger partial charge < -0.3 is 15.7 Å². The number of hydrogen-bond acceptors (Lipinski definition) is 3. The highest BCUT2D eigenvalue weighted by molar-refractivity contribution is 5.86. The molecule has 0 bridgehead atoms. The minimum absolute atomic E-state index is 0.0377. The minimum atomic E-state index is -0.534. The summed E-state index contributed by atoms with van der Waals surface area (Å²) in [7, 11) is 0. The Morgan fingerprint density at radius 3 is 2.29 bits per heavy atom. The fourth-order valence-corrected chi connectivity index (χ4v) is 1.00. The standard InChI is InChI=1S/C9H18N2O3/c1-6(4-5-12)10-9(14)7(2)11-8(3)13/h6-7,12H,4-5H2,1-3H3,(H,10,14)(H,11,13). The highest BCUT2D eigenvalue weighted by Crippen LogP contribution is 1.90. The van der Waals surface area contributed by atoms with Crippen LogP contribution in [0.2, 0.25) is 0 Å². The molecule has 5 heteroatoms. The molecule has 82 valence electrons. The van der Waals surface area contributed by atoms with Crippen LogP contribution >= 0.6 is 0 Å². The summed E-state index contributed by atoms with van der Waals surface area (Å²) < 4.78 is 0. The lowest BCUT2D eigenvalue weighted by Crippen LogP contribution is -2.47. The molecule has 5 nitrogen and oxygen atoms in total. The average Bonchev–Trinajstić information content (AvgIpc) is 2.02. The average molecular weight is 202 g/mol. The smallest absolute Gasteiger partial charge is 0.242 e. The summed E-state index contributed by atoms with van der Waals surface area (Å²) in [5.41, 5.74) is 0. The first-order valence-electron chi connectivity index (χ1n) is 4.65. The van der Waals surface area contributed by atoms with Crippen molar-refractivity contribution in [2.75, 3.05) is 6.61 Å². The van der Waals surface area contributed by atoms with Gasteiger partial charge in [-0.3, -0.25) is 9.59 Å². The Morgan fingerprint density at radius 1 is 1.29 bits per heavy atom. The molecule has 0 spiro atoms. The summed E-state index contributed by atoms with van der Waals surface area (Å²) in [5.74, 6) is -0.469. The number of aliphatic hydroxyl groups is 1. The van der Waals surface area contributed by atoms with Crippen LogP contribution in [-0.4, -0.2) is 35.6 Å². The molecule has 0 aromatic rings. The number of carbonyl (C=O) groups excluding carboxylic acids is 2. The van der Waals surface area contributed by atoms with E-state index in [1.165, 1.54) is 6.92 Å². The maximum absolute atomic E-state index is 11.4. The Kier molecular flexibility index (Phi) is 5.87. The topological polar surface area (TPSA) is 78.4 Å². The van der Waals surface area contributed by atoms with Crippen LogP contribution in [-0.2, 0) is 9.59 Å². The monoisotopic (exact) mass is 202 g/mol. The number of rotatable bonds is 5. The van der Waals surface area contributed by atoms with Crippen LogP contribution in [0.15, 0.2) is 0 Å². The van der Waals surface area contributed by atoms with Gasteiger partial charge in [-0.15, -0.1) is 0 Å². The molecule has 3 N–H and O–H groups in total. The molecule has 0 aliphatic heterocycles. The first kappa shape index (κ1) is 12.9. The van der Waals surface area contributed by atoms with Crippen molar-refractivity contribution in [3.05, 3.63) is 0 Å². The summed E-state index contributed by atoms with van der Waals surface area (Å²) >= 11 is 0. The second kappa shape index (κ2) is 6.37. The summed E-state index contributed by atoms with van der Waals surface area (Å²) in [4.78, 5) is 22.0. The van der Waals surface area contributed by atoms with Crippen molar-refractivity contribution in [2.24, 2.45) is 0 Å². The van der Waals surface area contributed by atoms with Gasteiger partial charge in [0.1, 0.15) is 6.04 Å². The van der Waals surface area contributed by atoms with Crippen molar-refractivity contribution in [3.8, 4) is 0 Å². The van der Waals surface area contributed by atoms with E-state index >= 15 is 0 Å². The van der Waals surface area contributed by atoms with Crippen LogP contribution in [0.5, 0.6) is 0 Å². The summed E-state index contributed by atoms with van der Waals surface area (Å²) in [6.07, 6.45) is 0.512. The quantitative estimate of drug-likeness (QED) is 0.557. The van der Waals surface area contributed by atoms with Crippen LogP contribution in [0.4, 0.5) is 0 Å². The molecule has 0 saturated heterocycles. The van der Waals surface area contributed by atoms with Crippen LogP contribution in [0.1, 0.15) is 27.2 Å². The van der Waals surface area contributed by atoms with E-state index in [2.05, 4.69) is 10.6 Å². The van der Waals surface area contributed by atoms with E-state index in [9.17, 15) is 9.59 Å². The number of nitrogens with one attached hydrogen (secondary N) is 2. The van der Waals surface area contributed by atoms with Gasteiger partial charge in [-0.05, 0) is 20.3 Å². The third-order valence-electron chi connectivity index (χ3n) is 1.76. The van der Waals surface area contributed by atoms with Crippen LogP contribution in [0.25, 0.3) is 0 Å². The first-order valence-corrected chi connectivity index (χ1v) is 4.65. The molecule has 0 rings (SSSR count). The molecule has 2 amide bonds. The van der Waals surface area contributed by atoms with Crippen LogP contribution in [0, 0.1) is 0 Å². The van der Waals surface area contributed by atoms with Gasteiger partial charge in [0.05, 0.1) is 0 Å². The second-order valence-corrected chi connectivity index (χ2v) is 3.34. The third kappa shape index (κ3) is 5.53. The van der Waals surface area contributed by atoms with Gasteiger partial charge in [0.2, 0.25) is 11.8 Å². The summed E-state index contributed by atoms with van der Waals surface area (Å²) in [6.45, 7) is 4.81. The normalized spacial score (nSPS) is 14.3. The van der Waals surface area contributed by atoms with Gasteiger partial charge in [0.15, 0.2) is 0 Å². The van der Waals surface area contributed by atoms with Crippen LogP contribution < -0.4 is 10.6 Å². The first-order chi connectivity index (χ1) is 6.47. The molecule has 2 atom stereocenters. The Labute approximate surface area is 83.9 Å². The van der Waals surface area contributed by atoms with Crippen molar-refractivity contribution in [2.45, 2.75) is 39.3 Å². The molecular weight excluding hydrogens is 184 g/mol. The molecule has 2 unspecified atom stereocenters. The summed E-state index contributed by atoms with van der Waals surface area (Å²) in [6, 6.07) is -0.614. The van der Waals surface area contributed by atoms with Gasteiger partial charge in [-0.25, -0.2) is 0 Å². The highest BCUT2D eigenvalue weighted by Gasteiger charge is 2.15. The van der Waals surface area contributed by atoms with Crippen LogP contribution in [0.3, 0.4) is 0 Å². The Hall–Kier alpha value is -1.10. The van der Waals surface area contributed by atoms with Gasteiger partial charge in [-0.2, -0.15) is 0 Å². The predicted molar refractivity (Wildman–Crippen MR) is 52.6 cm³/mol. The zero-order valence-corrected chi connectivity index (χ0v) is 8.83. The van der Waals surface area contributed by atoms with E-state index in [0.29, 0.717) is 6.42 Å². The molecule has 14 heavy (non-hydrogen) atoms. The molecule has 0 aromatic carbocycles. The van der Waals surface area contributed by atoms with Crippen molar-refractivity contribution in [1.29, 1.82) is 0 Å². The van der Waals surface area contributed by atoms with E-state index in [0.717, 1.165) is 0 Å². The maximum Gasteiger partial charge on any atom is 0.242 e. The molecule has 0 aromatic heterocycles. The van der Waals surface area contributed by atoms with Gasteiger partial charge in [-0.1, -0.05) is 0 Å². The largest absolute Gasteiger partial charge is 0.396 e. The summed E-state index contributed by atoms with van der Waals surface area (Å²) in [5, 5.41) is 13.8. The lowest BCUT2D eigenvalue weighted by molar-refractivity contribution is -0.128. The second-order valence-electron chi connectivity index (χ2n) is 3.34. The molecule has 0 radical (unpaired) electrons. The molecular formula is C9H18N2O3. The van der Waals surface area contributed by atoms with Crippen molar-refractivity contribution < 1.29 is 14.7 Å². The van der Waals surface area contributed by atoms with E-state index in [1.807, 2.05) is 0 Å². The van der Waals surface area contributed by atoms with E-state index in [-0.39, 0.29) is 24.5 Å². The third-order valence-corrected chi connectivity index (χ3v) is 1.76. The highest BCUT2D eigenvalue weighted by atomic mass is 16.3. The molecule has 0 heterocycles.